The Bertz CT molecular complexity index is 1320. The molecule has 2 N–H and O–H groups in total. The molecule has 2 fully saturated rings. The number of benzene rings is 2. The lowest BCUT2D eigenvalue weighted by atomic mass is 9.97. The van der Waals surface area contributed by atoms with E-state index in [1.54, 1.807) is 30.3 Å². The Hall–Kier alpha value is -3.34. The van der Waals surface area contributed by atoms with Crippen LogP contribution in [0.5, 0.6) is 5.75 Å². The molecule has 6 nitrogen and oxygen atoms in total. The summed E-state index contributed by atoms with van der Waals surface area (Å²) in [7, 11) is 2.12. The molecule has 36 heavy (non-hydrogen) atoms. The van der Waals surface area contributed by atoms with E-state index in [0.717, 1.165) is 44.5 Å². The molecule has 1 atom stereocenters. The lowest BCUT2D eigenvalue weighted by molar-refractivity contribution is 0.0936. The Balaban J connectivity index is 1.43. The van der Waals surface area contributed by atoms with Crippen LogP contribution < -0.4 is 5.32 Å². The van der Waals surface area contributed by atoms with Crippen molar-refractivity contribution in [2.24, 2.45) is 5.92 Å². The van der Waals surface area contributed by atoms with Gasteiger partial charge in [0.15, 0.2) is 5.69 Å². The largest absolute Gasteiger partial charge is 0.508 e. The van der Waals surface area contributed by atoms with Crippen molar-refractivity contribution in [2.45, 2.75) is 37.8 Å². The number of likely N-dealkylation sites (tertiary alicyclic amines) is 1. The molecule has 5 rings (SSSR count). The van der Waals surface area contributed by atoms with Crippen LogP contribution in [0.2, 0.25) is 5.02 Å². The number of aromatic hydroxyl groups is 1. The van der Waals surface area contributed by atoms with Crippen molar-refractivity contribution in [1.82, 2.24) is 20.0 Å². The van der Waals surface area contributed by atoms with Gasteiger partial charge in [-0.1, -0.05) is 29.7 Å². The molecule has 1 saturated heterocycles. The van der Waals surface area contributed by atoms with Crippen molar-refractivity contribution in [1.29, 1.82) is 0 Å². The van der Waals surface area contributed by atoms with Crippen molar-refractivity contribution >= 4 is 17.5 Å². The van der Waals surface area contributed by atoms with Crippen LogP contribution in [0.3, 0.4) is 0 Å². The minimum atomic E-state index is -0.801. The maximum atomic E-state index is 14.1. The molecule has 1 amide bonds. The number of piperidine rings is 1. The third kappa shape index (κ3) is 5.56. The van der Waals surface area contributed by atoms with Crippen molar-refractivity contribution < 1.29 is 14.3 Å². The second-order valence-corrected chi connectivity index (χ2v) is 10.0. The van der Waals surface area contributed by atoms with Gasteiger partial charge in [-0.05, 0) is 87.6 Å². The molecule has 2 aliphatic rings. The van der Waals surface area contributed by atoms with Crippen LogP contribution in [0.15, 0.2) is 48.5 Å². The molecular formula is C28H28ClFN4O2. The van der Waals surface area contributed by atoms with Gasteiger partial charge in [0, 0.05) is 22.6 Å². The van der Waals surface area contributed by atoms with Gasteiger partial charge in [0.05, 0.1) is 12.1 Å². The monoisotopic (exact) mass is 506 g/mol. The number of carbonyl (C=O) groups is 1. The number of rotatable bonds is 5. The summed E-state index contributed by atoms with van der Waals surface area (Å²) in [5, 5.41) is 18.5. The summed E-state index contributed by atoms with van der Waals surface area (Å²) >= 11 is 6.04. The van der Waals surface area contributed by atoms with E-state index in [2.05, 4.69) is 34.2 Å². The van der Waals surface area contributed by atoms with Gasteiger partial charge in [-0.3, -0.25) is 9.48 Å². The van der Waals surface area contributed by atoms with Crippen LogP contribution in [0.25, 0.3) is 0 Å². The Morgan fingerprint density at radius 3 is 2.56 bits per heavy atom. The highest BCUT2D eigenvalue weighted by Crippen LogP contribution is 2.36. The number of phenolic OH excluding ortho intramolecular Hbond substituents is 1. The van der Waals surface area contributed by atoms with Crippen LogP contribution in [-0.4, -0.2) is 45.8 Å². The van der Waals surface area contributed by atoms with Crippen molar-refractivity contribution in [3.8, 4) is 17.6 Å². The van der Waals surface area contributed by atoms with E-state index in [9.17, 15) is 14.3 Å². The average Bonchev–Trinajstić information content (AvgIpc) is 3.63. The van der Waals surface area contributed by atoms with Gasteiger partial charge >= 0.3 is 0 Å². The number of amides is 1. The minimum absolute atomic E-state index is 0.121. The highest BCUT2D eigenvalue weighted by atomic mass is 35.5. The topological polar surface area (TPSA) is 70.4 Å². The lowest BCUT2D eigenvalue weighted by Gasteiger charge is -2.25. The van der Waals surface area contributed by atoms with Crippen molar-refractivity contribution in [3.05, 3.63) is 81.9 Å². The van der Waals surface area contributed by atoms with Crippen LogP contribution in [0, 0.1) is 23.6 Å². The highest BCUT2D eigenvalue weighted by Gasteiger charge is 2.29. The summed E-state index contributed by atoms with van der Waals surface area (Å²) in [6, 6.07) is 11.7. The molecule has 2 heterocycles. The molecule has 1 aliphatic heterocycles. The molecule has 2 aromatic carbocycles. The number of hydrogen-bond acceptors (Lipinski definition) is 4. The van der Waals surface area contributed by atoms with Gasteiger partial charge in [-0.15, -0.1) is 0 Å². The van der Waals surface area contributed by atoms with Gasteiger partial charge in [0.2, 0.25) is 0 Å². The first kappa shape index (κ1) is 24.4. The Morgan fingerprint density at radius 1 is 1.14 bits per heavy atom. The number of hydrogen-bond donors (Lipinski definition) is 2. The normalized spacial score (nSPS) is 17.3. The van der Waals surface area contributed by atoms with Gasteiger partial charge in [0.1, 0.15) is 17.3 Å². The summed E-state index contributed by atoms with van der Waals surface area (Å²) in [5.41, 5.74) is 1.87. The van der Waals surface area contributed by atoms with Crippen LogP contribution in [0.4, 0.5) is 4.39 Å². The first-order valence-corrected chi connectivity index (χ1v) is 12.6. The summed E-state index contributed by atoms with van der Waals surface area (Å²) in [5.74, 6) is 5.95. The molecule has 0 radical (unpaired) electrons. The second kappa shape index (κ2) is 10.3. The predicted molar refractivity (Wildman–Crippen MR) is 136 cm³/mol. The van der Waals surface area contributed by atoms with Gasteiger partial charge < -0.3 is 15.3 Å². The van der Waals surface area contributed by atoms with E-state index in [1.165, 1.54) is 18.2 Å². The fraction of sp³-hybridized carbons (Fsp3) is 0.357. The summed E-state index contributed by atoms with van der Waals surface area (Å²) in [6.45, 7) is 2.07. The summed E-state index contributed by atoms with van der Waals surface area (Å²) in [4.78, 5) is 15.7. The third-order valence-corrected chi connectivity index (χ3v) is 7.02. The van der Waals surface area contributed by atoms with E-state index in [-0.39, 0.29) is 23.0 Å². The highest BCUT2D eigenvalue weighted by molar-refractivity contribution is 6.30. The fourth-order valence-electron chi connectivity index (χ4n) is 4.48. The molecule has 1 aromatic heterocycles. The van der Waals surface area contributed by atoms with E-state index >= 15 is 0 Å². The first-order chi connectivity index (χ1) is 17.4. The molecule has 0 bridgehead atoms. The van der Waals surface area contributed by atoms with Gasteiger partial charge in [-0.2, -0.15) is 5.10 Å². The van der Waals surface area contributed by atoms with E-state index in [1.807, 2.05) is 4.68 Å². The van der Waals surface area contributed by atoms with Gasteiger partial charge in [0.25, 0.3) is 5.91 Å². The standard InChI is InChI=1S/C28H28ClFN4O2/c1-33-14-12-18(13-15-33)2-8-23-17-25(32-34(23)22-9-10-22)28(36)31-27(19-3-5-20(29)6-4-19)24-16-21(30)7-11-26(24)35/h3-7,11,16-18,22,27,35H,9-10,12-15H2,1H3,(H,31,36)/t27-/m0/s1. The SMILES string of the molecule is CN1CCC(C#Cc2cc(C(=O)N[C@@H](c3ccc(Cl)cc3)c3cc(F)ccc3O)nn2C2CC2)CC1. The zero-order chi connectivity index (χ0) is 25.2. The number of aromatic nitrogens is 2. The van der Waals surface area contributed by atoms with Crippen LogP contribution in [0.1, 0.15) is 65.1 Å². The maximum absolute atomic E-state index is 14.1. The Morgan fingerprint density at radius 2 is 1.86 bits per heavy atom. The second-order valence-electron chi connectivity index (χ2n) is 9.60. The van der Waals surface area contributed by atoms with Crippen molar-refractivity contribution in [3.63, 3.8) is 0 Å². The van der Waals surface area contributed by atoms with Crippen LogP contribution in [-0.2, 0) is 0 Å². The number of nitrogens with one attached hydrogen (secondary N) is 1. The predicted octanol–water partition coefficient (Wildman–Crippen LogP) is 4.93. The number of phenols is 1. The van der Waals surface area contributed by atoms with E-state index in [4.69, 9.17) is 11.6 Å². The van der Waals surface area contributed by atoms with Crippen LogP contribution >= 0.6 is 11.6 Å². The molecule has 0 spiro atoms. The molecule has 3 aromatic rings. The molecule has 8 heteroatoms. The lowest BCUT2D eigenvalue weighted by Crippen LogP contribution is -2.30. The number of halogens is 2. The fourth-order valence-corrected chi connectivity index (χ4v) is 4.61. The molecule has 0 unspecified atom stereocenters. The smallest absolute Gasteiger partial charge is 0.272 e. The zero-order valence-electron chi connectivity index (χ0n) is 20.0. The molecular weight excluding hydrogens is 479 g/mol. The van der Waals surface area contributed by atoms with Crippen molar-refractivity contribution in [2.75, 3.05) is 20.1 Å². The number of carbonyl (C=O) groups excluding carboxylic acids is 1. The maximum Gasteiger partial charge on any atom is 0.272 e. The Kier molecular flexibility index (Phi) is 6.99. The third-order valence-electron chi connectivity index (χ3n) is 6.76. The number of nitrogens with zero attached hydrogens (tertiary/aromatic N) is 3. The van der Waals surface area contributed by atoms with E-state index in [0.29, 0.717) is 16.5 Å². The molecule has 1 aliphatic carbocycles. The average molecular weight is 507 g/mol. The summed E-state index contributed by atoms with van der Waals surface area (Å²) in [6.07, 6.45) is 4.09. The quantitative estimate of drug-likeness (QED) is 0.481. The molecule has 186 valence electrons. The minimum Gasteiger partial charge on any atom is -0.508 e. The Labute approximate surface area is 215 Å². The zero-order valence-corrected chi connectivity index (χ0v) is 20.8. The van der Waals surface area contributed by atoms with Gasteiger partial charge in [-0.25, -0.2) is 4.39 Å². The summed E-state index contributed by atoms with van der Waals surface area (Å²) < 4.78 is 15.9. The molecule has 1 saturated carbocycles. The van der Waals surface area contributed by atoms with E-state index < -0.39 is 17.8 Å². The first-order valence-electron chi connectivity index (χ1n) is 12.2.